The molecule has 0 aromatic heterocycles. The molecule has 0 saturated carbocycles. The van der Waals surface area contributed by atoms with Crippen LogP contribution in [0.2, 0.25) is 6.32 Å². The summed E-state index contributed by atoms with van der Waals surface area (Å²) in [6.45, 7) is 8.75. The van der Waals surface area contributed by atoms with E-state index in [0.29, 0.717) is 6.10 Å². The first kappa shape index (κ1) is 9.08. The van der Waals surface area contributed by atoms with E-state index in [1.807, 2.05) is 0 Å². The van der Waals surface area contributed by atoms with Crippen LogP contribution in [0.25, 0.3) is 0 Å². The van der Waals surface area contributed by atoms with E-state index >= 15 is 0 Å². The summed E-state index contributed by atoms with van der Waals surface area (Å²) in [5.74, 6) is 0. The second-order valence-corrected chi connectivity index (χ2v) is 4.08. The average Bonchev–Trinajstić information content (AvgIpc) is 1.83. The number of nitrogens with one attached hydrogen (secondary N) is 1. The van der Waals surface area contributed by atoms with Crippen molar-refractivity contribution in [2.75, 3.05) is 0 Å². The smallest absolute Gasteiger partial charge is 0.379 e. The zero-order valence-electron chi connectivity index (χ0n) is 7.98. The highest BCUT2D eigenvalue weighted by Gasteiger charge is 2.33. The Kier molecular flexibility index (Phi) is 2.60. The molecular formula is C8H18BNO. The van der Waals surface area contributed by atoms with Crippen LogP contribution in [0.1, 0.15) is 34.1 Å². The molecule has 0 amide bonds. The lowest BCUT2D eigenvalue weighted by Gasteiger charge is -2.38. The van der Waals surface area contributed by atoms with Gasteiger partial charge in [0.1, 0.15) is 0 Å². The second kappa shape index (κ2) is 3.15. The molecule has 0 radical (unpaired) electrons. The maximum atomic E-state index is 5.66. The predicted octanol–water partition coefficient (Wildman–Crippen LogP) is 1.67. The van der Waals surface area contributed by atoms with Crippen LogP contribution in [-0.2, 0) is 4.65 Å². The van der Waals surface area contributed by atoms with Crippen LogP contribution in [0.3, 0.4) is 0 Å². The van der Waals surface area contributed by atoms with Gasteiger partial charge in [0.05, 0.1) is 0 Å². The summed E-state index contributed by atoms with van der Waals surface area (Å²) in [7, 11) is 0.258. The first-order chi connectivity index (χ1) is 5.03. The molecule has 1 saturated heterocycles. The Bertz CT molecular complexity index is 138. The first-order valence-electron chi connectivity index (χ1n) is 4.46. The van der Waals surface area contributed by atoms with Gasteiger partial charge >= 0.3 is 7.05 Å². The van der Waals surface area contributed by atoms with Crippen molar-refractivity contribution in [3.05, 3.63) is 0 Å². The fourth-order valence-electron chi connectivity index (χ4n) is 1.77. The van der Waals surface area contributed by atoms with Crippen molar-refractivity contribution < 1.29 is 4.65 Å². The maximum absolute atomic E-state index is 5.66. The standard InChI is InChI=1S/C8H18BNO/c1-5-9-10-8(3,4)6-7(2)11-9/h7,10H,5-6H2,1-4H3. The molecule has 64 valence electrons. The third-order valence-electron chi connectivity index (χ3n) is 2.12. The highest BCUT2D eigenvalue weighted by Crippen LogP contribution is 2.20. The molecule has 11 heavy (non-hydrogen) atoms. The van der Waals surface area contributed by atoms with Crippen LogP contribution in [0.15, 0.2) is 0 Å². The van der Waals surface area contributed by atoms with E-state index in [2.05, 4.69) is 32.9 Å². The van der Waals surface area contributed by atoms with Gasteiger partial charge in [-0.15, -0.1) is 0 Å². The molecule has 1 aliphatic heterocycles. The van der Waals surface area contributed by atoms with E-state index in [0.717, 1.165) is 12.7 Å². The van der Waals surface area contributed by atoms with Crippen molar-refractivity contribution in [3.8, 4) is 0 Å². The Balaban J connectivity index is 2.51. The Labute approximate surface area is 69.8 Å². The Morgan fingerprint density at radius 2 is 2.27 bits per heavy atom. The quantitative estimate of drug-likeness (QED) is 0.581. The van der Waals surface area contributed by atoms with Gasteiger partial charge in [-0.2, -0.15) is 0 Å². The molecule has 0 bridgehead atoms. The fraction of sp³-hybridized carbons (Fsp3) is 1.00. The molecule has 1 aliphatic rings. The predicted molar refractivity (Wildman–Crippen MR) is 48.6 cm³/mol. The van der Waals surface area contributed by atoms with Gasteiger partial charge in [-0.25, -0.2) is 0 Å². The summed E-state index contributed by atoms with van der Waals surface area (Å²) < 4.78 is 5.66. The summed E-state index contributed by atoms with van der Waals surface area (Å²) in [5.41, 5.74) is 0.248. The van der Waals surface area contributed by atoms with Crippen molar-refractivity contribution in [3.63, 3.8) is 0 Å². The largest absolute Gasteiger partial charge is 0.419 e. The van der Waals surface area contributed by atoms with E-state index in [-0.39, 0.29) is 12.6 Å². The Morgan fingerprint density at radius 3 is 2.73 bits per heavy atom. The van der Waals surface area contributed by atoms with Crippen molar-refractivity contribution in [1.29, 1.82) is 0 Å². The molecule has 1 fully saturated rings. The molecule has 3 heteroatoms. The topological polar surface area (TPSA) is 21.3 Å². The highest BCUT2D eigenvalue weighted by atomic mass is 16.5. The summed E-state index contributed by atoms with van der Waals surface area (Å²) >= 11 is 0. The zero-order chi connectivity index (χ0) is 8.48. The molecule has 0 aromatic rings. The maximum Gasteiger partial charge on any atom is 0.379 e. The summed E-state index contributed by atoms with van der Waals surface area (Å²) in [6, 6.07) is 0. The monoisotopic (exact) mass is 155 g/mol. The normalized spacial score (nSPS) is 30.5. The lowest BCUT2D eigenvalue weighted by molar-refractivity contribution is 0.132. The molecule has 1 N–H and O–H groups in total. The van der Waals surface area contributed by atoms with Crippen molar-refractivity contribution in [2.24, 2.45) is 0 Å². The molecule has 1 atom stereocenters. The molecule has 0 spiro atoms. The van der Waals surface area contributed by atoms with Crippen LogP contribution in [0.4, 0.5) is 0 Å². The van der Waals surface area contributed by atoms with Gasteiger partial charge in [0, 0.05) is 11.6 Å². The van der Waals surface area contributed by atoms with Crippen molar-refractivity contribution in [2.45, 2.75) is 52.1 Å². The van der Waals surface area contributed by atoms with E-state index < -0.39 is 0 Å². The Morgan fingerprint density at radius 1 is 1.64 bits per heavy atom. The second-order valence-electron chi connectivity index (χ2n) is 4.08. The molecule has 0 aromatic carbocycles. The lowest BCUT2D eigenvalue weighted by atomic mass is 9.72. The van der Waals surface area contributed by atoms with E-state index in [1.54, 1.807) is 0 Å². The summed E-state index contributed by atoms with van der Waals surface area (Å²) in [4.78, 5) is 0. The molecule has 2 nitrogen and oxygen atoms in total. The number of hydrogen-bond acceptors (Lipinski definition) is 2. The third-order valence-corrected chi connectivity index (χ3v) is 2.12. The van der Waals surface area contributed by atoms with E-state index in [4.69, 9.17) is 4.65 Å². The number of rotatable bonds is 1. The van der Waals surface area contributed by atoms with Crippen molar-refractivity contribution in [1.82, 2.24) is 5.23 Å². The molecule has 0 aliphatic carbocycles. The zero-order valence-corrected chi connectivity index (χ0v) is 7.98. The number of hydrogen-bond donors (Lipinski definition) is 1. The van der Waals surface area contributed by atoms with Crippen molar-refractivity contribution >= 4 is 7.05 Å². The minimum atomic E-state index is 0.248. The van der Waals surface area contributed by atoms with Crippen LogP contribution in [0, 0.1) is 0 Å². The van der Waals surface area contributed by atoms with E-state index in [9.17, 15) is 0 Å². The molecule has 1 rings (SSSR count). The fourth-order valence-corrected chi connectivity index (χ4v) is 1.77. The molecule has 1 unspecified atom stereocenters. The van der Waals surface area contributed by atoms with Crippen LogP contribution < -0.4 is 5.23 Å². The first-order valence-corrected chi connectivity index (χ1v) is 4.46. The van der Waals surface area contributed by atoms with Gasteiger partial charge in [0.25, 0.3) is 0 Å². The summed E-state index contributed by atoms with van der Waals surface area (Å²) in [5, 5.41) is 3.45. The molecular weight excluding hydrogens is 137 g/mol. The van der Waals surface area contributed by atoms with Gasteiger partial charge in [-0.3, -0.25) is 0 Å². The van der Waals surface area contributed by atoms with Gasteiger partial charge in [0.15, 0.2) is 0 Å². The van der Waals surface area contributed by atoms with Gasteiger partial charge in [-0.05, 0) is 33.5 Å². The summed E-state index contributed by atoms with van der Waals surface area (Å²) in [6.07, 6.45) is 2.55. The SMILES string of the molecule is CCB1NC(C)(C)CC(C)O1. The van der Waals surface area contributed by atoms with Gasteiger partial charge in [0.2, 0.25) is 0 Å². The Hall–Kier alpha value is -0.0151. The van der Waals surface area contributed by atoms with Gasteiger partial charge in [-0.1, -0.05) is 6.92 Å². The van der Waals surface area contributed by atoms with Crippen LogP contribution in [-0.4, -0.2) is 18.7 Å². The van der Waals surface area contributed by atoms with E-state index in [1.165, 1.54) is 0 Å². The minimum absolute atomic E-state index is 0.248. The molecule has 1 heterocycles. The van der Waals surface area contributed by atoms with Crippen LogP contribution >= 0.6 is 0 Å². The van der Waals surface area contributed by atoms with Gasteiger partial charge < -0.3 is 9.88 Å². The lowest BCUT2D eigenvalue weighted by Crippen LogP contribution is -2.57. The third kappa shape index (κ3) is 2.49. The average molecular weight is 155 g/mol. The minimum Gasteiger partial charge on any atom is -0.419 e. The van der Waals surface area contributed by atoms with Crippen LogP contribution in [0.5, 0.6) is 0 Å². The highest BCUT2D eigenvalue weighted by molar-refractivity contribution is 6.49.